The number of Topliss-reactive ketones (excluding diaryl/α,β-unsaturated/α-hetero) is 2. The van der Waals surface area contributed by atoms with Crippen molar-refractivity contribution < 1.29 is 23.9 Å². The van der Waals surface area contributed by atoms with Gasteiger partial charge in [0.15, 0.2) is 11.6 Å². The molecule has 5 heteroatoms. The fourth-order valence-electron chi connectivity index (χ4n) is 5.26. The number of esters is 1. The standard InChI is InChI=1S/C21H22O5/c1-9-6-10(2)14(11(3)7-9)16-18(22)15-13-8-12(20(24)25-5)21(4,26-13)17(15)19(16)23/h6-8,13,15-17H,1-5H3/t13-,15?,16?,17?,21+/m0/s1. The summed E-state index contributed by atoms with van der Waals surface area (Å²) in [7, 11) is 1.31. The Bertz CT molecular complexity index is 873. The Balaban J connectivity index is 1.80. The third-order valence-corrected chi connectivity index (χ3v) is 6.19. The van der Waals surface area contributed by atoms with Gasteiger partial charge in [0.2, 0.25) is 0 Å². The molecular formula is C21H22O5. The van der Waals surface area contributed by atoms with E-state index < -0.39 is 35.4 Å². The third kappa shape index (κ3) is 1.98. The fraction of sp³-hybridized carbons (Fsp3) is 0.476. The number of rotatable bonds is 2. The van der Waals surface area contributed by atoms with E-state index in [2.05, 4.69) is 0 Å². The highest BCUT2D eigenvalue weighted by Gasteiger charge is 2.69. The van der Waals surface area contributed by atoms with Crippen LogP contribution in [0.15, 0.2) is 23.8 Å². The Morgan fingerprint density at radius 1 is 1.12 bits per heavy atom. The minimum absolute atomic E-state index is 0.0936. The lowest BCUT2D eigenvalue weighted by Gasteiger charge is -2.29. The van der Waals surface area contributed by atoms with Gasteiger partial charge in [-0.25, -0.2) is 4.79 Å². The number of fused-ring (bicyclic) bond motifs is 5. The predicted molar refractivity (Wildman–Crippen MR) is 93.8 cm³/mol. The van der Waals surface area contributed by atoms with Crippen LogP contribution < -0.4 is 0 Å². The lowest BCUT2D eigenvalue weighted by Crippen LogP contribution is -2.41. The van der Waals surface area contributed by atoms with Crippen LogP contribution in [-0.2, 0) is 23.9 Å². The summed E-state index contributed by atoms with van der Waals surface area (Å²) in [4.78, 5) is 38.7. The molecule has 1 saturated carbocycles. The van der Waals surface area contributed by atoms with Gasteiger partial charge in [0.25, 0.3) is 0 Å². The van der Waals surface area contributed by atoms with Crippen LogP contribution in [0.2, 0.25) is 0 Å². The van der Waals surface area contributed by atoms with Gasteiger partial charge in [-0.1, -0.05) is 17.7 Å². The Morgan fingerprint density at radius 3 is 2.31 bits per heavy atom. The Kier molecular flexibility index (Phi) is 3.54. The average molecular weight is 354 g/mol. The molecule has 26 heavy (non-hydrogen) atoms. The largest absolute Gasteiger partial charge is 0.466 e. The summed E-state index contributed by atoms with van der Waals surface area (Å²) in [5.41, 5.74) is 3.08. The molecule has 5 nitrogen and oxygen atoms in total. The summed E-state index contributed by atoms with van der Waals surface area (Å²) in [5, 5.41) is 0. The Hall–Kier alpha value is -2.27. The van der Waals surface area contributed by atoms with Crippen molar-refractivity contribution in [2.24, 2.45) is 11.8 Å². The number of benzene rings is 1. The van der Waals surface area contributed by atoms with Crippen molar-refractivity contribution >= 4 is 17.5 Å². The molecule has 1 saturated heterocycles. The van der Waals surface area contributed by atoms with Gasteiger partial charge in [0.05, 0.1) is 30.6 Å². The molecule has 0 aromatic heterocycles. The molecule has 1 aliphatic carbocycles. The zero-order valence-electron chi connectivity index (χ0n) is 15.6. The van der Waals surface area contributed by atoms with Crippen molar-refractivity contribution in [3.63, 3.8) is 0 Å². The molecular weight excluding hydrogens is 332 g/mol. The van der Waals surface area contributed by atoms with E-state index in [4.69, 9.17) is 9.47 Å². The minimum atomic E-state index is -1.09. The molecule has 136 valence electrons. The summed E-state index contributed by atoms with van der Waals surface area (Å²) in [6, 6.07) is 4.00. The van der Waals surface area contributed by atoms with E-state index >= 15 is 0 Å². The Labute approximate surface area is 152 Å². The third-order valence-electron chi connectivity index (χ3n) is 6.19. The van der Waals surface area contributed by atoms with Crippen LogP contribution in [0, 0.1) is 32.6 Å². The lowest BCUT2D eigenvalue weighted by molar-refractivity contribution is -0.139. The van der Waals surface area contributed by atoms with Crippen LogP contribution in [0.5, 0.6) is 0 Å². The van der Waals surface area contributed by atoms with E-state index in [1.165, 1.54) is 7.11 Å². The van der Waals surface area contributed by atoms with Crippen molar-refractivity contribution in [2.45, 2.75) is 45.3 Å². The average Bonchev–Trinajstić information content (AvgIpc) is 3.14. The zero-order chi connectivity index (χ0) is 19.0. The number of carbonyl (C=O) groups is 3. The van der Waals surface area contributed by atoms with Gasteiger partial charge in [-0.2, -0.15) is 0 Å². The highest BCUT2D eigenvalue weighted by atomic mass is 16.5. The van der Waals surface area contributed by atoms with Crippen LogP contribution in [0.1, 0.15) is 35.1 Å². The number of carbonyl (C=O) groups excluding carboxylic acids is 3. The normalized spacial score (nSPS) is 34.9. The van der Waals surface area contributed by atoms with Crippen molar-refractivity contribution in [3.8, 4) is 0 Å². The van der Waals surface area contributed by atoms with Crippen molar-refractivity contribution in [2.75, 3.05) is 7.11 Å². The smallest absolute Gasteiger partial charge is 0.336 e. The molecule has 0 amide bonds. The van der Waals surface area contributed by atoms with Crippen LogP contribution in [-0.4, -0.2) is 36.4 Å². The van der Waals surface area contributed by atoms with E-state index in [9.17, 15) is 14.4 Å². The lowest BCUT2D eigenvalue weighted by atomic mass is 9.73. The molecule has 4 rings (SSSR count). The maximum Gasteiger partial charge on any atom is 0.336 e. The first-order chi connectivity index (χ1) is 12.2. The topological polar surface area (TPSA) is 69.7 Å². The zero-order valence-corrected chi connectivity index (χ0v) is 15.6. The van der Waals surface area contributed by atoms with Crippen LogP contribution in [0.4, 0.5) is 0 Å². The van der Waals surface area contributed by atoms with Gasteiger partial charge >= 0.3 is 5.97 Å². The molecule has 2 aliphatic heterocycles. The second-order valence-corrected chi connectivity index (χ2v) is 7.82. The predicted octanol–water partition coefficient (Wildman–Crippen LogP) is 2.35. The number of hydrogen-bond acceptors (Lipinski definition) is 5. The van der Waals surface area contributed by atoms with Gasteiger partial charge in [-0.05, 0) is 50.5 Å². The Morgan fingerprint density at radius 2 is 1.73 bits per heavy atom. The molecule has 0 radical (unpaired) electrons. The van der Waals surface area contributed by atoms with E-state index in [1.807, 2.05) is 32.9 Å². The van der Waals surface area contributed by atoms with E-state index in [0.717, 1.165) is 22.3 Å². The maximum atomic E-state index is 13.4. The summed E-state index contributed by atoms with van der Waals surface area (Å²) >= 11 is 0. The molecule has 1 aromatic rings. The highest BCUT2D eigenvalue weighted by molar-refractivity contribution is 6.18. The summed E-state index contributed by atoms with van der Waals surface area (Å²) in [6.07, 6.45) is 1.13. The van der Waals surface area contributed by atoms with E-state index in [1.54, 1.807) is 13.0 Å². The molecule has 3 aliphatic rings. The molecule has 0 spiro atoms. The van der Waals surface area contributed by atoms with Gasteiger partial charge in [-0.15, -0.1) is 0 Å². The molecule has 0 N–H and O–H groups in total. The van der Waals surface area contributed by atoms with E-state index in [-0.39, 0.29) is 11.6 Å². The summed E-state index contributed by atoms with van der Waals surface area (Å²) < 4.78 is 10.8. The molecule has 2 bridgehead atoms. The number of hydrogen-bond donors (Lipinski definition) is 0. The van der Waals surface area contributed by atoms with Crippen LogP contribution in [0.25, 0.3) is 0 Å². The van der Waals surface area contributed by atoms with Crippen molar-refractivity contribution in [3.05, 3.63) is 46.0 Å². The van der Waals surface area contributed by atoms with Gasteiger partial charge in [0.1, 0.15) is 11.5 Å². The van der Waals surface area contributed by atoms with Crippen molar-refractivity contribution in [1.82, 2.24) is 0 Å². The molecule has 2 heterocycles. The first kappa shape index (κ1) is 17.2. The second kappa shape index (κ2) is 5.36. The first-order valence-electron chi connectivity index (χ1n) is 8.84. The molecule has 2 fully saturated rings. The molecule has 1 aromatic carbocycles. The molecule has 3 unspecified atom stereocenters. The number of ketones is 2. The highest BCUT2D eigenvalue weighted by Crippen LogP contribution is 2.58. The quantitative estimate of drug-likeness (QED) is 0.602. The summed E-state index contributed by atoms with van der Waals surface area (Å²) in [5.74, 6) is -2.67. The monoisotopic (exact) mass is 354 g/mol. The van der Waals surface area contributed by atoms with Gasteiger partial charge in [-0.3, -0.25) is 9.59 Å². The number of aryl methyl sites for hydroxylation is 3. The minimum Gasteiger partial charge on any atom is -0.466 e. The molecule has 5 atom stereocenters. The van der Waals surface area contributed by atoms with Crippen LogP contribution >= 0.6 is 0 Å². The maximum absolute atomic E-state index is 13.4. The summed E-state index contributed by atoms with van der Waals surface area (Å²) in [6.45, 7) is 7.60. The number of ether oxygens (including phenoxy) is 2. The SMILES string of the molecule is COC(=O)C1=C[C@@H]2O[C@@]1(C)C1C(=O)C(c3c(C)cc(C)cc3C)C(=O)C12. The van der Waals surface area contributed by atoms with E-state index in [0.29, 0.717) is 5.57 Å². The van der Waals surface area contributed by atoms with Gasteiger partial charge in [0, 0.05) is 0 Å². The second-order valence-electron chi connectivity index (χ2n) is 7.82. The van der Waals surface area contributed by atoms with Crippen LogP contribution in [0.3, 0.4) is 0 Å². The fourth-order valence-corrected chi connectivity index (χ4v) is 5.26. The van der Waals surface area contributed by atoms with Crippen molar-refractivity contribution in [1.29, 1.82) is 0 Å². The first-order valence-corrected chi connectivity index (χ1v) is 8.84. The van der Waals surface area contributed by atoms with Gasteiger partial charge < -0.3 is 9.47 Å². The number of methoxy groups -OCH3 is 1.